The second-order valence-corrected chi connectivity index (χ2v) is 7.84. The van der Waals surface area contributed by atoms with Crippen LogP contribution in [0.15, 0.2) is 48.5 Å². The molecule has 6 heteroatoms. The summed E-state index contributed by atoms with van der Waals surface area (Å²) in [5.41, 5.74) is 2.87. The van der Waals surface area contributed by atoms with Crippen molar-refractivity contribution in [3.63, 3.8) is 0 Å². The van der Waals surface area contributed by atoms with Crippen LogP contribution < -0.4 is 9.80 Å². The van der Waals surface area contributed by atoms with Crippen LogP contribution in [0.25, 0.3) is 0 Å². The molecular formula is C22H24ClN3O2. The lowest BCUT2D eigenvalue weighted by Gasteiger charge is -2.37. The third kappa shape index (κ3) is 3.59. The lowest BCUT2D eigenvalue weighted by molar-refractivity contribution is -0.136. The molecular weight excluding hydrogens is 374 g/mol. The largest absolute Gasteiger partial charge is 0.368 e. The first-order valence-electron chi connectivity index (χ1n) is 9.69. The van der Waals surface area contributed by atoms with Crippen molar-refractivity contribution in [1.82, 2.24) is 4.90 Å². The second-order valence-electron chi connectivity index (χ2n) is 7.44. The predicted octanol–water partition coefficient (Wildman–Crippen LogP) is 3.35. The number of halogens is 1. The zero-order chi connectivity index (χ0) is 19.7. The minimum atomic E-state index is -0.283. The molecule has 2 saturated heterocycles. The van der Waals surface area contributed by atoms with E-state index in [0.717, 1.165) is 24.3 Å². The topological polar surface area (TPSA) is 43.9 Å². The van der Waals surface area contributed by atoms with Crippen LogP contribution in [-0.2, 0) is 9.59 Å². The third-order valence-corrected chi connectivity index (χ3v) is 6.13. The van der Waals surface area contributed by atoms with Gasteiger partial charge in [0.1, 0.15) is 0 Å². The summed E-state index contributed by atoms with van der Waals surface area (Å²) < 4.78 is 0. The van der Waals surface area contributed by atoms with Crippen molar-refractivity contribution in [2.24, 2.45) is 5.92 Å². The number of piperazine rings is 1. The monoisotopic (exact) mass is 397 g/mol. The van der Waals surface area contributed by atoms with Gasteiger partial charge in [-0.2, -0.15) is 0 Å². The van der Waals surface area contributed by atoms with Crippen LogP contribution in [-0.4, -0.2) is 49.4 Å². The van der Waals surface area contributed by atoms with Crippen molar-refractivity contribution in [3.8, 4) is 0 Å². The van der Waals surface area contributed by atoms with E-state index in [9.17, 15) is 9.59 Å². The third-order valence-electron chi connectivity index (χ3n) is 5.72. The van der Waals surface area contributed by atoms with Crippen molar-refractivity contribution in [2.45, 2.75) is 13.3 Å². The number of nitrogens with zero attached hydrogens (tertiary/aromatic N) is 3. The number of benzene rings is 2. The van der Waals surface area contributed by atoms with E-state index in [0.29, 0.717) is 24.7 Å². The van der Waals surface area contributed by atoms with E-state index < -0.39 is 0 Å². The molecule has 2 aliphatic rings. The fourth-order valence-electron chi connectivity index (χ4n) is 4.08. The van der Waals surface area contributed by atoms with Gasteiger partial charge in [0.25, 0.3) is 0 Å². The highest BCUT2D eigenvalue weighted by molar-refractivity contribution is 6.31. The molecule has 2 aliphatic heterocycles. The number of amides is 2. The molecule has 1 unspecified atom stereocenters. The Bertz CT molecular complexity index is 879. The smallest absolute Gasteiger partial charge is 0.228 e. The Morgan fingerprint density at radius 2 is 1.71 bits per heavy atom. The Morgan fingerprint density at radius 3 is 2.43 bits per heavy atom. The maximum Gasteiger partial charge on any atom is 0.228 e. The molecule has 2 heterocycles. The van der Waals surface area contributed by atoms with E-state index >= 15 is 0 Å². The SMILES string of the molecule is Cc1c(Cl)cccc1N1CC(C(=O)N2CCN(c3ccccc3)CC2)CC1=O. The van der Waals surface area contributed by atoms with Crippen LogP contribution in [0.3, 0.4) is 0 Å². The van der Waals surface area contributed by atoms with E-state index in [-0.39, 0.29) is 24.2 Å². The Labute approximate surface area is 170 Å². The maximum atomic E-state index is 13.0. The van der Waals surface area contributed by atoms with Crippen LogP contribution in [0.2, 0.25) is 5.02 Å². The van der Waals surface area contributed by atoms with Gasteiger partial charge < -0.3 is 14.7 Å². The number of carbonyl (C=O) groups excluding carboxylic acids is 2. The summed E-state index contributed by atoms with van der Waals surface area (Å²) in [5.74, 6) is -0.205. The lowest BCUT2D eigenvalue weighted by Crippen LogP contribution is -2.50. The molecule has 0 N–H and O–H groups in total. The van der Waals surface area contributed by atoms with Gasteiger partial charge in [0, 0.05) is 55.5 Å². The molecule has 0 radical (unpaired) electrons. The molecule has 2 fully saturated rings. The summed E-state index contributed by atoms with van der Waals surface area (Å²) >= 11 is 6.21. The molecule has 2 amide bonds. The summed E-state index contributed by atoms with van der Waals surface area (Å²) in [6, 6.07) is 15.8. The zero-order valence-electron chi connectivity index (χ0n) is 16.0. The Hall–Kier alpha value is -2.53. The van der Waals surface area contributed by atoms with Gasteiger partial charge in [0.15, 0.2) is 0 Å². The molecule has 0 aromatic heterocycles. The van der Waals surface area contributed by atoms with Crippen LogP contribution in [0.5, 0.6) is 0 Å². The van der Waals surface area contributed by atoms with Crippen LogP contribution in [0.1, 0.15) is 12.0 Å². The first-order chi connectivity index (χ1) is 13.5. The molecule has 5 nitrogen and oxygen atoms in total. The van der Waals surface area contributed by atoms with Crippen molar-refractivity contribution in [2.75, 3.05) is 42.5 Å². The van der Waals surface area contributed by atoms with Crippen LogP contribution in [0.4, 0.5) is 11.4 Å². The van der Waals surface area contributed by atoms with Gasteiger partial charge in [0.05, 0.1) is 5.92 Å². The quantitative estimate of drug-likeness (QED) is 0.797. The second kappa shape index (κ2) is 7.84. The van der Waals surface area contributed by atoms with Gasteiger partial charge in [-0.3, -0.25) is 9.59 Å². The zero-order valence-corrected chi connectivity index (χ0v) is 16.7. The maximum absolute atomic E-state index is 13.0. The Morgan fingerprint density at radius 1 is 1.00 bits per heavy atom. The fraction of sp³-hybridized carbons (Fsp3) is 0.364. The Balaban J connectivity index is 1.40. The first kappa shape index (κ1) is 18.8. The minimum Gasteiger partial charge on any atom is -0.368 e. The van der Waals surface area contributed by atoms with E-state index in [4.69, 9.17) is 11.6 Å². The molecule has 2 aromatic rings. The van der Waals surface area contributed by atoms with Gasteiger partial charge in [-0.25, -0.2) is 0 Å². The van der Waals surface area contributed by atoms with E-state index in [1.54, 1.807) is 4.90 Å². The highest BCUT2D eigenvalue weighted by Gasteiger charge is 2.38. The number of rotatable bonds is 3. The molecule has 0 bridgehead atoms. The summed E-state index contributed by atoms with van der Waals surface area (Å²) in [7, 11) is 0. The number of anilines is 2. The van der Waals surface area contributed by atoms with Gasteiger partial charge in [0.2, 0.25) is 11.8 Å². The van der Waals surface area contributed by atoms with E-state index in [2.05, 4.69) is 17.0 Å². The van der Waals surface area contributed by atoms with Crippen molar-refractivity contribution in [3.05, 3.63) is 59.1 Å². The van der Waals surface area contributed by atoms with Gasteiger partial charge in [-0.05, 0) is 36.8 Å². The van der Waals surface area contributed by atoms with Gasteiger partial charge in [-0.15, -0.1) is 0 Å². The normalized spacial score (nSPS) is 20.0. The summed E-state index contributed by atoms with van der Waals surface area (Å²) in [6.45, 7) is 5.34. The van der Waals surface area contributed by atoms with Crippen molar-refractivity contribution < 1.29 is 9.59 Å². The molecule has 0 spiro atoms. The van der Waals surface area contributed by atoms with Crippen molar-refractivity contribution >= 4 is 34.8 Å². The van der Waals surface area contributed by atoms with Gasteiger partial charge >= 0.3 is 0 Å². The minimum absolute atomic E-state index is 0.00774. The fourth-order valence-corrected chi connectivity index (χ4v) is 4.25. The number of para-hydroxylation sites is 1. The summed E-state index contributed by atoms with van der Waals surface area (Å²) in [6.07, 6.45) is 0.268. The molecule has 2 aromatic carbocycles. The number of hydrogen-bond acceptors (Lipinski definition) is 3. The summed E-state index contributed by atoms with van der Waals surface area (Å²) in [5, 5.41) is 0.636. The van der Waals surface area contributed by atoms with Crippen LogP contribution in [0, 0.1) is 12.8 Å². The lowest BCUT2D eigenvalue weighted by atomic mass is 10.1. The standard InChI is InChI=1S/C22H24ClN3O2/c1-16-19(23)8-5-9-20(16)26-15-17(14-21(26)27)22(28)25-12-10-24(11-13-25)18-6-3-2-4-7-18/h2-9,17H,10-15H2,1H3. The highest BCUT2D eigenvalue weighted by Crippen LogP contribution is 2.32. The first-order valence-corrected chi connectivity index (χ1v) is 10.1. The summed E-state index contributed by atoms with van der Waals surface area (Å²) in [4.78, 5) is 31.5. The molecule has 28 heavy (non-hydrogen) atoms. The predicted molar refractivity (Wildman–Crippen MR) is 112 cm³/mol. The van der Waals surface area contributed by atoms with E-state index in [1.807, 2.05) is 48.2 Å². The van der Waals surface area contributed by atoms with E-state index in [1.165, 1.54) is 5.69 Å². The molecule has 1 atom stereocenters. The molecule has 4 rings (SSSR count). The van der Waals surface area contributed by atoms with Crippen LogP contribution >= 0.6 is 11.6 Å². The highest BCUT2D eigenvalue weighted by atomic mass is 35.5. The van der Waals surface area contributed by atoms with Crippen molar-refractivity contribution in [1.29, 1.82) is 0 Å². The molecule has 0 saturated carbocycles. The van der Waals surface area contributed by atoms with Gasteiger partial charge in [-0.1, -0.05) is 35.9 Å². The Kier molecular flexibility index (Phi) is 5.27. The number of hydrogen-bond donors (Lipinski definition) is 0. The number of carbonyl (C=O) groups is 2. The molecule has 146 valence electrons. The molecule has 0 aliphatic carbocycles. The average molecular weight is 398 g/mol. The average Bonchev–Trinajstić information content (AvgIpc) is 3.12.